The maximum Gasteiger partial charge on any atom is 0.122 e. The van der Waals surface area contributed by atoms with Gasteiger partial charge in [-0.1, -0.05) is 12.1 Å². The van der Waals surface area contributed by atoms with Crippen LogP contribution in [-0.4, -0.2) is 21.1 Å². The fourth-order valence-electron chi connectivity index (χ4n) is 2.27. The SMILES string of the molecule is CC(C#N)(Cn1cnc2ccccc21)NC1CC1. The number of hydrogen-bond acceptors (Lipinski definition) is 3. The first-order valence-electron chi connectivity index (χ1n) is 6.29. The van der Waals surface area contributed by atoms with Crippen LogP contribution in [0.5, 0.6) is 0 Å². The summed E-state index contributed by atoms with van der Waals surface area (Å²) in [4.78, 5) is 4.36. The Balaban J connectivity index is 1.88. The molecule has 0 saturated heterocycles. The smallest absolute Gasteiger partial charge is 0.122 e. The molecule has 1 N–H and O–H groups in total. The molecule has 3 rings (SSSR count). The average Bonchev–Trinajstić information content (AvgIpc) is 3.10. The van der Waals surface area contributed by atoms with Gasteiger partial charge in [0.05, 0.1) is 30.0 Å². The van der Waals surface area contributed by atoms with Crippen molar-refractivity contribution in [1.29, 1.82) is 5.26 Å². The first-order chi connectivity index (χ1) is 8.70. The minimum absolute atomic E-state index is 0.518. The number of nitriles is 1. The number of benzene rings is 1. The predicted octanol–water partition coefficient (Wildman–Crippen LogP) is 2.07. The highest BCUT2D eigenvalue weighted by Crippen LogP contribution is 2.24. The molecule has 1 saturated carbocycles. The second-order valence-electron chi connectivity index (χ2n) is 5.22. The number of nitrogens with one attached hydrogen (secondary N) is 1. The van der Waals surface area contributed by atoms with E-state index in [-0.39, 0.29) is 0 Å². The second kappa shape index (κ2) is 4.11. The van der Waals surface area contributed by atoms with Crippen LogP contribution in [0.4, 0.5) is 0 Å². The molecule has 1 aromatic heterocycles. The molecule has 1 fully saturated rings. The van der Waals surface area contributed by atoms with Gasteiger partial charge in [0, 0.05) is 6.04 Å². The zero-order chi connectivity index (χ0) is 12.6. The van der Waals surface area contributed by atoms with Crippen LogP contribution in [0.3, 0.4) is 0 Å². The fraction of sp³-hybridized carbons (Fsp3) is 0.429. The van der Waals surface area contributed by atoms with Gasteiger partial charge in [-0.3, -0.25) is 5.32 Å². The van der Waals surface area contributed by atoms with E-state index in [0.29, 0.717) is 12.6 Å². The summed E-state index contributed by atoms with van der Waals surface area (Å²) in [5, 5.41) is 12.8. The molecular formula is C14H16N4. The van der Waals surface area contributed by atoms with E-state index in [2.05, 4.69) is 16.4 Å². The van der Waals surface area contributed by atoms with E-state index < -0.39 is 5.54 Å². The molecule has 1 unspecified atom stereocenters. The molecule has 1 aliphatic carbocycles. The fourth-order valence-corrected chi connectivity index (χ4v) is 2.27. The van der Waals surface area contributed by atoms with Crippen LogP contribution in [-0.2, 0) is 6.54 Å². The monoisotopic (exact) mass is 240 g/mol. The van der Waals surface area contributed by atoms with Crippen molar-refractivity contribution in [3.8, 4) is 6.07 Å². The number of rotatable bonds is 4. The molecule has 18 heavy (non-hydrogen) atoms. The summed E-state index contributed by atoms with van der Waals surface area (Å²) in [6.07, 6.45) is 4.18. The van der Waals surface area contributed by atoms with Gasteiger partial charge in [-0.15, -0.1) is 0 Å². The van der Waals surface area contributed by atoms with Gasteiger partial charge in [-0.05, 0) is 31.9 Å². The second-order valence-corrected chi connectivity index (χ2v) is 5.22. The molecule has 1 aliphatic rings. The lowest BCUT2D eigenvalue weighted by molar-refractivity contribution is 0.389. The number of imidazole rings is 1. The Morgan fingerprint density at radius 1 is 1.50 bits per heavy atom. The summed E-state index contributed by atoms with van der Waals surface area (Å²) >= 11 is 0. The van der Waals surface area contributed by atoms with Crippen molar-refractivity contribution in [3.63, 3.8) is 0 Å². The van der Waals surface area contributed by atoms with Crippen LogP contribution in [0, 0.1) is 11.3 Å². The van der Waals surface area contributed by atoms with Crippen molar-refractivity contribution in [2.75, 3.05) is 0 Å². The minimum atomic E-state index is -0.523. The van der Waals surface area contributed by atoms with Crippen LogP contribution >= 0.6 is 0 Å². The zero-order valence-corrected chi connectivity index (χ0v) is 10.4. The lowest BCUT2D eigenvalue weighted by Gasteiger charge is -2.24. The van der Waals surface area contributed by atoms with Crippen LogP contribution < -0.4 is 5.32 Å². The molecule has 0 amide bonds. The van der Waals surface area contributed by atoms with Crippen molar-refractivity contribution >= 4 is 11.0 Å². The van der Waals surface area contributed by atoms with E-state index in [1.54, 1.807) is 0 Å². The van der Waals surface area contributed by atoms with Crippen molar-refractivity contribution < 1.29 is 0 Å². The van der Waals surface area contributed by atoms with Gasteiger partial charge < -0.3 is 4.57 Å². The number of para-hydroxylation sites is 2. The van der Waals surface area contributed by atoms with E-state index in [4.69, 9.17) is 0 Å². The third kappa shape index (κ3) is 2.09. The number of aromatic nitrogens is 2. The Kier molecular flexibility index (Phi) is 2.57. The molecule has 1 aromatic carbocycles. The zero-order valence-electron chi connectivity index (χ0n) is 10.4. The Bertz CT molecular complexity index is 606. The molecule has 0 aliphatic heterocycles. The maximum atomic E-state index is 9.39. The first-order valence-corrected chi connectivity index (χ1v) is 6.29. The molecule has 4 heteroatoms. The van der Waals surface area contributed by atoms with Crippen molar-refractivity contribution in [1.82, 2.24) is 14.9 Å². The Labute approximate surface area is 106 Å². The molecule has 4 nitrogen and oxygen atoms in total. The van der Waals surface area contributed by atoms with Crippen LogP contribution in [0.2, 0.25) is 0 Å². The molecule has 0 bridgehead atoms. The van der Waals surface area contributed by atoms with Gasteiger partial charge in [0.2, 0.25) is 0 Å². The summed E-state index contributed by atoms with van der Waals surface area (Å²) in [6.45, 7) is 2.58. The molecule has 92 valence electrons. The highest BCUT2D eigenvalue weighted by molar-refractivity contribution is 5.74. The van der Waals surface area contributed by atoms with Gasteiger partial charge >= 0.3 is 0 Å². The third-order valence-corrected chi connectivity index (χ3v) is 3.36. The van der Waals surface area contributed by atoms with Gasteiger partial charge in [-0.2, -0.15) is 5.26 Å². The molecule has 0 radical (unpaired) electrons. The van der Waals surface area contributed by atoms with Crippen molar-refractivity contribution in [3.05, 3.63) is 30.6 Å². The summed E-state index contributed by atoms with van der Waals surface area (Å²) < 4.78 is 2.05. The van der Waals surface area contributed by atoms with Crippen molar-refractivity contribution in [2.24, 2.45) is 0 Å². The lowest BCUT2D eigenvalue weighted by Crippen LogP contribution is -2.45. The highest BCUT2D eigenvalue weighted by Gasteiger charge is 2.33. The van der Waals surface area contributed by atoms with Crippen molar-refractivity contribution in [2.45, 2.75) is 37.9 Å². The highest BCUT2D eigenvalue weighted by atomic mass is 15.1. The topological polar surface area (TPSA) is 53.6 Å². The quantitative estimate of drug-likeness (QED) is 0.890. The Morgan fingerprint density at radius 2 is 2.28 bits per heavy atom. The predicted molar refractivity (Wildman–Crippen MR) is 69.9 cm³/mol. The normalized spacial score (nSPS) is 18.4. The molecular weight excluding hydrogens is 224 g/mol. The Hall–Kier alpha value is -1.86. The summed E-state index contributed by atoms with van der Waals surface area (Å²) in [5.41, 5.74) is 1.53. The number of nitrogens with zero attached hydrogens (tertiary/aromatic N) is 3. The van der Waals surface area contributed by atoms with Gasteiger partial charge in [0.15, 0.2) is 0 Å². The standard InChI is InChI=1S/C14H16N4/c1-14(8-15,17-11-6-7-11)9-18-10-16-12-4-2-3-5-13(12)18/h2-5,10-11,17H,6-7,9H2,1H3. The maximum absolute atomic E-state index is 9.39. The average molecular weight is 240 g/mol. The number of fused-ring (bicyclic) bond motifs is 1. The van der Waals surface area contributed by atoms with Gasteiger partial charge in [-0.25, -0.2) is 4.98 Å². The van der Waals surface area contributed by atoms with E-state index in [9.17, 15) is 5.26 Å². The molecule has 1 atom stereocenters. The Morgan fingerprint density at radius 3 is 3.00 bits per heavy atom. The largest absolute Gasteiger partial charge is 0.328 e. The van der Waals surface area contributed by atoms with E-state index in [1.165, 1.54) is 12.8 Å². The third-order valence-electron chi connectivity index (χ3n) is 3.36. The van der Waals surface area contributed by atoms with E-state index in [0.717, 1.165) is 11.0 Å². The lowest BCUT2D eigenvalue weighted by atomic mass is 10.0. The van der Waals surface area contributed by atoms with Crippen LogP contribution in [0.1, 0.15) is 19.8 Å². The first kappa shape index (κ1) is 11.2. The minimum Gasteiger partial charge on any atom is -0.328 e. The summed E-state index contributed by atoms with van der Waals surface area (Å²) in [7, 11) is 0. The van der Waals surface area contributed by atoms with Crippen LogP contribution in [0.15, 0.2) is 30.6 Å². The summed E-state index contributed by atoms with van der Waals surface area (Å²) in [5.74, 6) is 0. The van der Waals surface area contributed by atoms with Gasteiger partial charge in [0.25, 0.3) is 0 Å². The molecule has 1 heterocycles. The summed E-state index contributed by atoms with van der Waals surface area (Å²) in [6, 6.07) is 10.9. The van der Waals surface area contributed by atoms with E-state index in [1.807, 2.05) is 42.1 Å². The van der Waals surface area contributed by atoms with E-state index >= 15 is 0 Å². The number of hydrogen-bond donors (Lipinski definition) is 1. The van der Waals surface area contributed by atoms with Crippen LogP contribution in [0.25, 0.3) is 11.0 Å². The molecule has 2 aromatic rings. The molecule has 0 spiro atoms. The van der Waals surface area contributed by atoms with Gasteiger partial charge in [0.1, 0.15) is 5.54 Å².